The highest BCUT2D eigenvalue weighted by molar-refractivity contribution is 5.47. The minimum Gasteiger partial charge on any atom is -0.497 e. The predicted molar refractivity (Wildman–Crippen MR) is 84.5 cm³/mol. The van der Waals surface area contributed by atoms with Gasteiger partial charge in [0.15, 0.2) is 0 Å². The van der Waals surface area contributed by atoms with Gasteiger partial charge in [-0.25, -0.2) is 0 Å². The average Bonchev–Trinajstić information content (AvgIpc) is 2.80. The Morgan fingerprint density at radius 3 is 2.71 bits per heavy atom. The monoisotopic (exact) mass is 282 g/mol. The number of ether oxygens (including phenoxy) is 1. The Morgan fingerprint density at radius 1 is 1.10 bits per heavy atom. The van der Waals surface area contributed by atoms with Crippen molar-refractivity contribution < 1.29 is 4.74 Å². The Bertz CT molecular complexity index is 611. The van der Waals surface area contributed by atoms with Crippen molar-refractivity contribution >= 4 is 0 Å². The van der Waals surface area contributed by atoms with Gasteiger partial charge in [-0.3, -0.25) is 4.90 Å². The lowest BCUT2D eigenvalue weighted by molar-refractivity contribution is 0.276. The number of allylic oxidation sites excluding steroid dienone is 4. The summed E-state index contributed by atoms with van der Waals surface area (Å²) in [6.45, 7) is 1.04. The van der Waals surface area contributed by atoms with E-state index in [-0.39, 0.29) is 0 Å². The molecule has 1 saturated heterocycles. The average molecular weight is 282 g/mol. The number of rotatable bonds is 1. The summed E-state index contributed by atoms with van der Waals surface area (Å²) in [6.07, 6.45) is 15.9. The van der Waals surface area contributed by atoms with E-state index in [0.717, 1.165) is 12.3 Å². The van der Waals surface area contributed by atoms with Gasteiger partial charge in [0.25, 0.3) is 0 Å². The van der Waals surface area contributed by atoms with Gasteiger partial charge in [0.05, 0.1) is 7.11 Å². The van der Waals surface area contributed by atoms with Crippen molar-refractivity contribution in [1.82, 2.24) is 9.80 Å². The van der Waals surface area contributed by atoms with E-state index in [9.17, 15) is 0 Å². The molecule has 3 heteroatoms. The minimum atomic E-state index is 0.478. The van der Waals surface area contributed by atoms with E-state index in [1.165, 1.54) is 5.57 Å². The first kappa shape index (κ1) is 13.0. The number of likely N-dealkylation sites (tertiary alicyclic amines) is 1. The van der Waals surface area contributed by atoms with Crippen LogP contribution in [0.1, 0.15) is 0 Å². The van der Waals surface area contributed by atoms with Crippen molar-refractivity contribution in [2.75, 3.05) is 27.7 Å². The molecule has 0 radical (unpaired) electrons. The highest BCUT2D eigenvalue weighted by atomic mass is 16.5. The molecule has 0 amide bonds. The molecule has 21 heavy (non-hydrogen) atoms. The van der Waals surface area contributed by atoms with Crippen molar-refractivity contribution in [2.45, 2.75) is 12.1 Å². The predicted octanol–water partition coefficient (Wildman–Crippen LogP) is 2.33. The molecule has 0 aromatic rings. The first-order valence-corrected chi connectivity index (χ1v) is 7.64. The second-order valence-electron chi connectivity index (χ2n) is 6.45. The molecule has 4 atom stereocenters. The summed E-state index contributed by atoms with van der Waals surface area (Å²) < 4.78 is 5.47. The molecular formula is C18H22N2O. The highest BCUT2D eigenvalue weighted by Gasteiger charge is 2.48. The Balaban J connectivity index is 1.77. The maximum atomic E-state index is 5.47. The van der Waals surface area contributed by atoms with E-state index >= 15 is 0 Å². The van der Waals surface area contributed by atoms with Crippen molar-refractivity contribution in [2.24, 2.45) is 11.8 Å². The number of methoxy groups -OCH3 is 1. The van der Waals surface area contributed by atoms with Crippen molar-refractivity contribution in [3.63, 3.8) is 0 Å². The van der Waals surface area contributed by atoms with Crippen LogP contribution in [-0.4, -0.2) is 49.6 Å². The van der Waals surface area contributed by atoms with Crippen LogP contribution >= 0.6 is 0 Å². The Labute approximate surface area is 126 Å². The maximum absolute atomic E-state index is 5.47. The van der Waals surface area contributed by atoms with Gasteiger partial charge in [0.1, 0.15) is 5.76 Å². The number of hydrogen-bond acceptors (Lipinski definition) is 3. The topological polar surface area (TPSA) is 15.7 Å². The molecule has 0 aromatic heterocycles. The number of fused-ring (bicyclic) bond motifs is 4. The molecule has 0 aromatic carbocycles. The van der Waals surface area contributed by atoms with Gasteiger partial charge >= 0.3 is 0 Å². The molecule has 2 aliphatic heterocycles. The Morgan fingerprint density at radius 2 is 1.90 bits per heavy atom. The lowest BCUT2D eigenvalue weighted by atomic mass is 9.75. The van der Waals surface area contributed by atoms with Crippen LogP contribution in [-0.2, 0) is 4.74 Å². The third-order valence-corrected chi connectivity index (χ3v) is 5.34. The first-order valence-electron chi connectivity index (χ1n) is 7.64. The van der Waals surface area contributed by atoms with E-state index in [4.69, 9.17) is 4.74 Å². The van der Waals surface area contributed by atoms with Gasteiger partial charge in [-0.2, -0.15) is 0 Å². The summed E-state index contributed by atoms with van der Waals surface area (Å²) in [4.78, 5) is 4.79. The van der Waals surface area contributed by atoms with Crippen LogP contribution in [0, 0.1) is 11.8 Å². The van der Waals surface area contributed by atoms with E-state index in [2.05, 4.69) is 66.6 Å². The molecule has 0 N–H and O–H groups in total. The van der Waals surface area contributed by atoms with E-state index in [0.29, 0.717) is 23.9 Å². The molecule has 0 spiro atoms. The molecule has 4 unspecified atom stereocenters. The second kappa shape index (κ2) is 4.63. The van der Waals surface area contributed by atoms with Crippen LogP contribution in [0.25, 0.3) is 0 Å². The van der Waals surface area contributed by atoms with Crippen LogP contribution < -0.4 is 0 Å². The van der Waals surface area contributed by atoms with Gasteiger partial charge in [-0.05, 0) is 42.6 Å². The van der Waals surface area contributed by atoms with Crippen LogP contribution in [0.2, 0.25) is 0 Å². The fraction of sp³-hybridized carbons (Fsp3) is 0.444. The SMILES string of the molecule is COC1=CC2C3C4=C(C=CC3N(C)C2C=C1)C=CN(C)C4. The molecule has 4 rings (SSSR count). The quantitative estimate of drug-likeness (QED) is 0.734. The maximum Gasteiger partial charge on any atom is 0.114 e. The molecule has 2 aliphatic carbocycles. The smallest absolute Gasteiger partial charge is 0.114 e. The Kier molecular flexibility index (Phi) is 2.86. The zero-order valence-electron chi connectivity index (χ0n) is 12.9. The lowest BCUT2D eigenvalue weighted by Crippen LogP contribution is -2.35. The summed E-state index contributed by atoms with van der Waals surface area (Å²) in [5, 5.41) is 0. The van der Waals surface area contributed by atoms with Crippen LogP contribution in [0.3, 0.4) is 0 Å². The third-order valence-electron chi connectivity index (χ3n) is 5.34. The van der Waals surface area contributed by atoms with E-state index < -0.39 is 0 Å². The van der Waals surface area contributed by atoms with Gasteiger partial charge in [-0.1, -0.05) is 18.2 Å². The molecule has 0 saturated carbocycles. The van der Waals surface area contributed by atoms with E-state index in [1.807, 2.05) is 0 Å². The molecule has 4 aliphatic rings. The zero-order valence-corrected chi connectivity index (χ0v) is 12.9. The van der Waals surface area contributed by atoms with Crippen LogP contribution in [0.15, 0.2) is 59.6 Å². The number of nitrogens with zero attached hydrogens (tertiary/aromatic N) is 2. The molecule has 1 fully saturated rings. The summed E-state index contributed by atoms with van der Waals surface area (Å²) >= 11 is 0. The fourth-order valence-corrected chi connectivity index (χ4v) is 4.29. The van der Waals surface area contributed by atoms with Crippen LogP contribution in [0.5, 0.6) is 0 Å². The van der Waals surface area contributed by atoms with Gasteiger partial charge in [0, 0.05) is 37.5 Å². The van der Waals surface area contributed by atoms with Crippen molar-refractivity contribution in [3.05, 3.63) is 59.6 Å². The minimum absolute atomic E-state index is 0.478. The molecular weight excluding hydrogens is 260 g/mol. The zero-order chi connectivity index (χ0) is 14.6. The largest absolute Gasteiger partial charge is 0.497 e. The summed E-state index contributed by atoms with van der Waals surface area (Å²) in [6, 6.07) is 0.974. The van der Waals surface area contributed by atoms with Crippen molar-refractivity contribution in [1.29, 1.82) is 0 Å². The summed E-state index contributed by atoms with van der Waals surface area (Å²) in [5.41, 5.74) is 2.99. The molecule has 110 valence electrons. The van der Waals surface area contributed by atoms with Crippen LogP contribution in [0.4, 0.5) is 0 Å². The van der Waals surface area contributed by atoms with Crippen molar-refractivity contribution in [3.8, 4) is 0 Å². The fourth-order valence-electron chi connectivity index (χ4n) is 4.29. The van der Waals surface area contributed by atoms with E-state index in [1.54, 1.807) is 12.7 Å². The number of hydrogen-bond donors (Lipinski definition) is 0. The molecule has 3 nitrogen and oxygen atoms in total. The Hall–Kier alpha value is -1.74. The number of likely N-dealkylation sites (N-methyl/N-ethyl adjacent to an activating group) is 2. The third kappa shape index (κ3) is 1.84. The second-order valence-corrected chi connectivity index (χ2v) is 6.45. The summed E-state index contributed by atoms with van der Waals surface area (Å²) in [5.74, 6) is 2.07. The summed E-state index contributed by atoms with van der Waals surface area (Å²) in [7, 11) is 6.16. The van der Waals surface area contributed by atoms with Gasteiger partial charge in [-0.15, -0.1) is 0 Å². The van der Waals surface area contributed by atoms with Gasteiger partial charge in [0.2, 0.25) is 0 Å². The van der Waals surface area contributed by atoms with Gasteiger partial charge < -0.3 is 9.64 Å². The standard InChI is InChI=1S/C18H22N2O/c1-19-9-8-12-4-6-17-18(15(12)11-19)14-10-13(21-3)5-7-16(14)20(17)2/h4-10,14,16-18H,11H2,1-3H3. The highest BCUT2D eigenvalue weighted by Crippen LogP contribution is 2.46. The normalized spacial score (nSPS) is 37.3. The lowest BCUT2D eigenvalue weighted by Gasteiger charge is -2.34. The first-order chi connectivity index (χ1) is 10.2. The molecule has 2 heterocycles. The molecule has 0 bridgehead atoms.